The van der Waals surface area contributed by atoms with Crippen LogP contribution in [0.15, 0.2) is 0 Å². The van der Waals surface area contributed by atoms with Crippen LogP contribution in [0.3, 0.4) is 0 Å². The van der Waals surface area contributed by atoms with Gasteiger partial charge in [0.1, 0.15) is 6.54 Å². The number of carboxylic acid groups (broad SMARTS) is 1. The summed E-state index contributed by atoms with van der Waals surface area (Å²) < 4.78 is 6.02. The minimum atomic E-state index is -1.18. The predicted molar refractivity (Wildman–Crippen MR) is 117 cm³/mol. The number of aliphatic carboxylic acids is 1. The molecule has 0 aliphatic carbocycles. The molecule has 2 atom stereocenters. The van der Waals surface area contributed by atoms with Crippen molar-refractivity contribution in [2.24, 2.45) is 5.92 Å². The molecule has 29 heavy (non-hydrogen) atoms. The highest BCUT2D eigenvalue weighted by atomic mass is 16.5. The van der Waals surface area contributed by atoms with Gasteiger partial charge in [-0.25, -0.2) is 0 Å². The highest BCUT2D eigenvalue weighted by molar-refractivity contribution is 5.73. The molecule has 0 N–H and O–H groups in total. The van der Waals surface area contributed by atoms with Crippen molar-refractivity contribution in [2.45, 2.75) is 110 Å². The van der Waals surface area contributed by atoms with Crippen molar-refractivity contribution >= 4 is 11.9 Å². The van der Waals surface area contributed by atoms with Gasteiger partial charge >= 0.3 is 5.97 Å². The second-order valence-electron chi connectivity index (χ2n) is 9.69. The first kappa shape index (κ1) is 27.9. The zero-order chi connectivity index (χ0) is 22.1. The summed E-state index contributed by atoms with van der Waals surface area (Å²) in [7, 11) is 5.85. The number of rotatable bonds is 19. The van der Waals surface area contributed by atoms with Gasteiger partial charge in [0.15, 0.2) is 6.10 Å². The van der Waals surface area contributed by atoms with Gasteiger partial charge in [0.25, 0.3) is 0 Å². The smallest absolute Gasteiger partial charge is 0.309 e. The molecule has 0 saturated carbocycles. The summed E-state index contributed by atoms with van der Waals surface area (Å²) >= 11 is 0. The first-order valence-electron chi connectivity index (χ1n) is 11.9. The summed E-state index contributed by atoms with van der Waals surface area (Å²) in [4.78, 5) is 23.2. The number of quaternary nitrogens is 1. The van der Waals surface area contributed by atoms with Crippen LogP contribution in [-0.4, -0.2) is 50.2 Å². The zero-order valence-corrected chi connectivity index (χ0v) is 19.8. The number of ether oxygens (including phenoxy) is 1. The van der Waals surface area contributed by atoms with Gasteiger partial charge in [0.05, 0.1) is 27.1 Å². The lowest BCUT2D eigenvalue weighted by Gasteiger charge is -2.29. The molecule has 5 nitrogen and oxygen atoms in total. The molecule has 5 heteroatoms. The van der Waals surface area contributed by atoms with Crippen molar-refractivity contribution in [3.05, 3.63) is 0 Å². The maximum atomic E-state index is 12.3. The Kier molecular flexibility index (Phi) is 16.0. The van der Waals surface area contributed by atoms with Crippen molar-refractivity contribution in [3.63, 3.8) is 0 Å². The number of hydrogen-bond acceptors (Lipinski definition) is 4. The third-order valence-electron chi connectivity index (χ3n) is 5.32. The lowest BCUT2D eigenvalue weighted by atomic mass is 10.0. The minimum Gasteiger partial charge on any atom is -0.550 e. The number of carboxylic acids is 1. The van der Waals surface area contributed by atoms with Crippen molar-refractivity contribution in [1.82, 2.24) is 0 Å². The Morgan fingerprint density at radius 3 is 1.69 bits per heavy atom. The first-order chi connectivity index (χ1) is 13.7. The molecule has 0 aromatic rings. The highest BCUT2D eigenvalue weighted by Crippen LogP contribution is 2.16. The summed E-state index contributed by atoms with van der Waals surface area (Å²) in [5.41, 5.74) is 0. The number of nitrogens with zero attached hydrogens (tertiary/aromatic N) is 1. The Labute approximate surface area is 179 Å². The molecule has 172 valence electrons. The molecular formula is C24H47NO4. The van der Waals surface area contributed by atoms with Crippen LogP contribution in [0, 0.1) is 5.92 Å². The number of carbonyl (C=O) groups excluding carboxylic acids is 2. The maximum Gasteiger partial charge on any atom is 0.309 e. The molecule has 0 aliphatic rings. The topological polar surface area (TPSA) is 66.4 Å². The standard InChI is InChI=1S/C24H47NO4/c1-6-7-8-9-10-11-12-13-14-15-16-17-18-21(2)24(28)29-22(19-23(26)27)20-25(3,4)5/h21-22H,6-20H2,1-5H3. The SMILES string of the molecule is CCCCCCCCCCCCCCC(C)C(=O)OC(CC(=O)[O-])C[N+](C)(C)C. The van der Waals surface area contributed by atoms with Crippen LogP contribution in [0.1, 0.15) is 104 Å². The second kappa shape index (κ2) is 16.7. The fourth-order valence-corrected chi connectivity index (χ4v) is 3.63. The molecule has 0 aromatic carbocycles. The van der Waals surface area contributed by atoms with E-state index in [1.165, 1.54) is 64.2 Å². The van der Waals surface area contributed by atoms with Gasteiger partial charge in [-0.05, 0) is 6.42 Å². The number of likely N-dealkylation sites (N-methyl/N-ethyl adjacent to an activating group) is 1. The van der Waals surface area contributed by atoms with E-state index in [4.69, 9.17) is 4.74 Å². The molecule has 0 amide bonds. The molecule has 0 radical (unpaired) electrons. The molecule has 2 unspecified atom stereocenters. The highest BCUT2D eigenvalue weighted by Gasteiger charge is 2.24. The van der Waals surface area contributed by atoms with Crippen LogP contribution in [0.25, 0.3) is 0 Å². The van der Waals surface area contributed by atoms with E-state index in [1.54, 1.807) is 0 Å². The van der Waals surface area contributed by atoms with Crippen molar-refractivity contribution in [2.75, 3.05) is 27.7 Å². The first-order valence-corrected chi connectivity index (χ1v) is 11.9. The van der Waals surface area contributed by atoms with Gasteiger partial charge in [-0.3, -0.25) is 4.79 Å². The summed E-state index contributed by atoms with van der Waals surface area (Å²) in [5.74, 6) is -1.65. The average molecular weight is 414 g/mol. The van der Waals surface area contributed by atoms with Gasteiger partial charge in [-0.15, -0.1) is 0 Å². The predicted octanol–water partition coefficient (Wildman–Crippen LogP) is 4.47. The van der Waals surface area contributed by atoms with E-state index in [-0.39, 0.29) is 18.3 Å². The number of unbranched alkanes of at least 4 members (excludes halogenated alkanes) is 11. The molecule has 0 rings (SSSR count). The zero-order valence-electron chi connectivity index (χ0n) is 19.8. The Morgan fingerprint density at radius 2 is 1.28 bits per heavy atom. The van der Waals surface area contributed by atoms with Crippen LogP contribution < -0.4 is 5.11 Å². The van der Waals surface area contributed by atoms with E-state index in [9.17, 15) is 14.7 Å². The Balaban J connectivity index is 3.83. The molecule has 0 spiro atoms. The minimum absolute atomic E-state index is 0.185. The summed E-state index contributed by atoms with van der Waals surface area (Å²) in [6.45, 7) is 4.60. The van der Waals surface area contributed by atoms with Crippen molar-refractivity contribution < 1.29 is 23.9 Å². The van der Waals surface area contributed by atoms with E-state index >= 15 is 0 Å². The summed E-state index contributed by atoms with van der Waals surface area (Å²) in [6, 6.07) is 0. The van der Waals surface area contributed by atoms with E-state index in [2.05, 4.69) is 6.92 Å². The van der Waals surface area contributed by atoms with Gasteiger partial charge in [0, 0.05) is 12.4 Å². The Bertz CT molecular complexity index is 431. The lowest BCUT2D eigenvalue weighted by molar-refractivity contribution is -0.873. The van der Waals surface area contributed by atoms with Crippen LogP contribution in [0.2, 0.25) is 0 Å². The second-order valence-corrected chi connectivity index (χ2v) is 9.69. The van der Waals surface area contributed by atoms with Crippen molar-refractivity contribution in [3.8, 4) is 0 Å². The van der Waals surface area contributed by atoms with Crippen LogP contribution >= 0.6 is 0 Å². The number of carbonyl (C=O) groups is 2. The normalized spacial score (nSPS) is 13.8. The van der Waals surface area contributed by atoms with E-state index in [0.717, 1.165) is 19.3 Å². The number of esters is 1. The average Bonchev–Trinajstić information content (AvgIpc) is 2.60. The maximum absolute atomic E-state index is 12.3. The molecule has 0 aromatic heterocycles. The van der Waals surface area contributed by atoms with E-state index in [0.29, 0.717) is 11.0 Å². The van der Waals surface area contributed by atoms with E-state index < -0.39 is 12.1 Å². The van der Waals surface area contributed by atoms with Crippen LogP contribution in [0.5, 0.6) is 0 Å². The van der Waals surface area contributed by atoms with Gasteiger partial charge in [-0.1, -0.05) is 90.9 Å². The third kappa shape index (κ3) is 18.7. The summed E-state index contributed by atoms with van der Waals surface area (Å²) in [5, 5.41) is 10.9. The quantitative estimate of drug-likeness (QED) is 0.178. The molecule has 0 saturated heterocycles. The van der Waals surface area contributed by atoms with Crippen molar-refractivity contribution in [1.29, 1.82) is 0 Å². The fraction of sp³-hybridized carbons (Fsp3) is 0.917. The Hall–Kier alpha value is -1.10. The number of hydrogen-bond donors (Lipinski definition) is 0. The van der Waals surface area contributed by atoms with Gasteiger partial charge in [0.2, 0.25) is 0 Å². The lowest BCUT2D eigenvalue weighted by Crippen LogP contribution is -2.45. The molecular weight excluding hydrogens is 366 g/mol. The van der Waals surface area contributed by atoms with Crippen LogP contribution in [0.4, 0.5) is 0 Å². The molecule has 0 aliphatic heterocycles. The Morgan fingerprint density at radius 1 is 0.828 bits per heavy atom. The molecule has 0 bridgehead atoms. The van der Waals surface area contributed by atoms with Gasteiger partial charge < -0.3 is 19.1 Å². The fourth-order valence-electron chi connectivity index (χ4n) is 3.63. The largest absolute Gasteiger partial charge is 0.550 e. The van der Waals surface area contributed by atoms with Gasteiger partial charge in [-0.2, -0.15) is 0 Å². The van der Waals surface area contributed by atoms with E-state index in [1.807, 2.05) is 28.1 Å². The van der Waals surface area contributed by atoms with Crippen LogP contribution in [-0.2, 0) is 14.3 Å². The molecule has 0 fully saturated rings. The summed E-state index contributed by atoms with van der Waals surface area (Å²) in [6.07, 6.45) is 15.5. The molecule has 0 heterocycles. The third-order valence-corrected chi connectivity index (χ3v) is 5.32. The monoisotopic (exact) mass is 413 g/mol.